The summed E-state index contributed by atoms with van der Waals surface area (Å²) in [6.07, 6.45) is 1.94. The van der Waals surface area contributed by atoms with Crippen molar-refractivity contribution in [2.45, 2.75) is 66.3 Å². The molecule has 0 spiro atoms. The molecule has 0 saturated heterocycles. The van der Waals surface area contributed by atoms with Crippen molar-refractivity contribution in [3.63, 3.8) is 0 Å². The first-order valence-electron chi connectivity index (χ1n) is 9.67. The summed E-state index contributed by atoms with van der Waals surface area (Å²) in [5.41, 5.74) is 4.52. The number of aromatic nitrogens is 1. The quantitative estimate of drug-likeness (QED) is 0.307. The van der Waals surface area contributed by atoms with Crippen LogP contribution in [0.2, 0.25) is 0 Å². The number of guanidine groups is 1. The Kier molecular flexibility index (Phi) is 11.1. The molecule has 1 aromatic carbocycles. The van der Waals surface area contributed by atoms with Crippen molar-refractivity contribution >= 4 is 29.9 Å². The zero-order valence-corrected chi connectivity index (χ0v) is 19.9. The average Bonchev–Trinajstić information content (AvgIpc) is 3.09. The Balaban J connectivity index is 0.00000392. The molecule has 156 valence electrons. The molecule has 2 aromatic rings. The van der Waals surface area contributed by atoms with Gasteiger partial charge < -0.3 is 19.9 Å². The lowest BCUT2D eigenvalue weighted by Gasteiger charge is -2.13. The predicted molar refractivity (Wildman–Crippen MR) is 124 cm³/mol. The minimum absolute atomic E-state index is 0. The van der Waals surface area contributed by atoms with Crippen molar-refractivity contribution in [2.75, 3.05) is 7.05 Å². The lowest BCUT2D eigenvalue weighted by molar-refractivity contribution is 0.0657. The molecule has 6 nitrogen and oxygen atoms in total. The van der Waals surface area contributed by atoms with Gasteiger partial charge in [0.15, 0.2) is 5.96 Å². The molecule has 0 amide bonds. The first-order chi connectivity index (χ1) is 13.1. The van der Waals surface area contributed by atoms with E-state index in [4.69, 9.17) is 9.26 Å². The number of halogens is 1. The molecule has 2 rings (SSSR count). The number of rotatable bonds is 9. The molecule has 0 bridgehead atoms. The van der Waals surface area contributed by atoms with Crippen LogP contribution >= 0.6 is 24.0 Å². The van der Waals surface area contributed by atoms with Gasteiger partial charge in [-0.2, -0.15) is 0 Å². The molecule has 1 heterocycles. The summed E-state index contributed by atoms with van der Waals surface area (Å²) in [7, 11) is 1.77. The van der Waals surface area contributed by atoms with Crippen molar-refractivity contribution in [1.82, 2.24) is 15.8 Å². The fourth-order valence-electron chi connectivity index (χ4n) is 2.73. The molecule has 2 N–H and O–H groups in total. The standard InChI is InChI=1S/C21H32N4O2.HI/c1-6-19-18(20(7-2)27-25-19)13-24-21(22-5)23-12-16-8-10-17(11-9-16)14-26-15(3)4;/h8-11,15H,6-7,12-14H2,1-5H3,(H2,22,23,24);1H. The second-order valence-corrected chi connectivity index (χ2v) is 6.69. The van der Waals surface area contributed by atoms with Gasteiger partial charge in [-0.15, -0.1) is 24.0 Å². The van der Waals surface area contributed by atoms with E-state index >= 15 is 0 Å². The molecule has 0 fully saturated rings. The molecule has 1 aromatic heterocycles. The van der Waals surface area contributed by atoms with Crippen molar-refractivity contribution in [2.24, 2.45) is 4.99 Å². The Labute approximate surface area is 185 Å². The maximum atomic E-state index is 5.63. The smallest absolute Gasteiger partial charge is 0.191 e. The van der Waals surface area contributed by atoms with Crippen molar-refractivity contribution < 1.29 is 9.26 Å². The SMILES string of the molecule is CCc1noc(CC)c1CNC(=NC)NCc1ccc(COC(C)C)cc1.I. The van der Waals surface area contributed by atoms with Gasteiger partial charge in [0.1, 0.15) is 5.76 Å². The number of hydrogen-bond acceptors (Lipinski definition) is 4. The second kappa shape index (κ2) is 12.8. The first kappa shape index (κ1) is 24.4. The van der Waals surface area contributed by atoms with Crippen LogP contribution in [0.4, 0.5) is 0 Å². The van der Waals surface area contributed by atoms with E-state index in [1.807, 2.05) is 13.8 Å². The third-order valence-electron chi connectivity index (χ3n) is 4.33. The molecule has 0 saturated carbocycles. The Morgan fingerprint density at radius 2 is 1.71 bits per heavy atom. The summed E-state index contributed by atoms with van der Waals surface area (Å²) in [4.78, 5) is 4.30. The van der Waals surface area contributed by atoms with Crippen LogP contribution in [0.25, 0.3) is 0 Å². The van der Waals surface area contributed by atoms with Crippen LogP contribution in [0.5, 0.6) is 0 Å². The molecule has 7 heteroatoms. The summed E-state index contributed by atoms with van der Waals surface area (Å²) < 4.78 is 11.0. The largest absolute Gasteiger partial charge is 0.374 e. The van der Waals surface area contributed by atoms with Crippen LogP contribution in [0.1, 0.15) is 55.8 Å². The van der Waals surface area contributed by atoms with Crippen molar-refractivity contribution in [3.05, 3.63) is 52.4 Å². The molecule has 28 heavy (non-hydrogen) atoms. The number of nitrogens with one attached hydrogen (secondary N) is 2. The van der Waals surface area contributed by atoms with Gasteiger partial charge in [0, 0.05) is 32.1 Å². The van der Waals surface area contributed by atoms with Gasteiger partial charge in [0.25, 0.3) is 0 Å². The van der Waals surface area contributed by atoms with Gasteiger partial charge in [-0.05, 0) is 31.4 Å². The normalized spacial score (nSPS) is 11.4. The summed E-state index contributed by atoms with van der Waals surface area (Å²) in [6.45, 7) is 10.3. The highest BCUT2D eigenvalue weighted by Gasteiger charge is 2.13. The number of nitrogens with zero attached hydrogens (tertiary/aromatic N) is 2. The van der Waals surface area contributed by atoms with Crippen LogP contribution in [0.15, 0.2) is 33.8 Å². The Hall–Kier alpha value is -1.61. The molecule has 0 radical (unpaired) electrons. The molecule has 0 unspecified atom stereocenters. The molecule has 0 aliphatic rings. The Bertz CT molecular complexity index is 705. The highest BCUT2D eigenvalue weighted by Crippen LogP contribution is 2.15. The van der Waals surface area contributed by atoms with Crippen LogP contribution < -0.4 is 10.6 Å². The fourth-order valence-corrected chi connectivity index (χ4v) is 2.73. The van der Waals surface area contributed by atoms with E-state index in [9.17, 15) is 0 Å². The third-order valence-corrected chi connectivity index (χ3v) is 4.33. The number of hydrogen-bond donors (Lipinski definition) is 2. The van der Waals surface area contributed by atoms with Crippen LogP contribution in [0.3, 0.4) is 0 Å². The third kappa shape index (κ3) is 7.43. The van der Waals surface area contributed by atoms with E-state index < -0.39 is 0 Å². The monoisotopic (exact) mass is 500 g/mol. The maximum Gasteiger partial charge on any atom is 0.191 e. The van der Waals surface area contributed by atoms with Crippen molar-refractivity contribution in [1.29, 1.82) is 0 Å². The molecular weight excluding hydrogens is 467 g/mol. The van der Waals surface area contributed by atoms with Crippen LogP contribution in [-0.4, -0.2) is 24.3 Å². The highest BCUT2D eigenvalue weighted by molar-refractivity contribution is 14.0. The minimum atomic E-state index is 0. The zero-order valence-electron chi connectivity index (χ0n) is 17.5. The lowest BCUT2D eigenvalue weighted by Crippen LogP contribution is -2.36. The summed E-state index contributed by atoms with van der Waals surface area (Å²) >= 11 is 0. The molecule has 0 atom stereocenters. The van der Waals surface area contributed by atoms with E-state index in [0.717, 1.165) is 35.8 Å². The van der Waals surface area contributed by atoms with E-state index in [0.29, 0.717) is 19.7 Å². The average molecular weight is 500 g/mol. The summed E-state index contributed by atoms with van der Waals surface area (Å²) in [6, 6.07) is 8.44. The van der Waals surface area contributed by atoms with E-state index in [-0.39, 0.29) is 30.1 Å². The van der Waals surface area contributed by atoms with E-state index in [1.165, 1.54) is 11.1 Å². The number of aryl methyl sites for hydroxylation is 2. The number of ether oxygens (including phenoxy) is 1. The van der Waals surface area contributed by atoms with Crippen LogP contribution in [0, 0.1) is 0 Å². The molecular formula is C21H33IN4O2. The van der Waals surface area contributed by atoms with E-state index in [2.05, 4.69) is 58.9 Å². The Morgan fingerprint density at radius 1 is 1.07 bits per heavy atom. The zero-order chi connectivity index (χ0) is 19.6. The van der Waals surface area contributed by atoms with Gasteiger partial charge in [-0.25, -0.2) is 0 Å². The van der Waals surface area contributed by atoms with Gasteiger partial charge in [-0.3, -0.25) is 4.99 Å². The molecule has 0 aliphatic carbocycles. The van der Waals surface area contributed by atoms with Gasteiger partial charge in [0.05, 0.1) is 18.4 Å². The summed E-state index contributed by atoms with van der Waals surface area (Å²) in [5, 5.41) is 10.9. The summed E-state index contributed by atoms with van der Waals surface area (Å²) in [5.74, 6) is 1.70. The highest BCUT2D eigenvalue weighted by atomic mass is 127. The van der Waals surface area contributed by atoms with Crippen molar-refractivity contribution in [3.8, 4) is 0 Å². The topological polar surface area (TPSA) is 71.7 Å². The molecule has 0 aliphatic heterocycles. The Morgan fingerprint density at radius 3 is 2.29 bits per heavy atom. The first-order valence-corrected chi connectivity index (χ1v) is 9.67. The second-order valence-electron chi connectivity index (χ2n) is 6.69. The van der Waals surface area contributed by atoms with Crippen LogP contribution in [-0.2, 0) is 37.3 Å². The number of aliphatic imine (C=N–C) groups is 1. The number of benzene rings is 1. The van der Waals surface area contributed by atoms with E-state index in [1.54, 1.807) is 7.05 Å². The van der Waals surface area contributed by atoms with Gasteiger partial charge >= 0.3 is 0 Å². The van der Waals surface area contributed by atoms with Gasteiger partial charge in [-0.1, -0.05) is 43.3 Å². The lowest BCUT2D eigenvalue weighted by atomic mass is 10.1. The maximum absolute atomic E-state index is 5.63. The fraction of sp³-hybridized carbons (Fsp3) is 0.524. The predicted octanol–water partition coefficient (Wildman–Crippen LogP) is 4.21. The minimum Gasteiger partial charge on any atom is -0.374 e. The van der Waals surface area contributed by atoms with Gasteiger partial charge in [0.2, 0.25) is 0 Å².